The fourth-order valence-corrected chi connectivity index (χ4v) is 4.57. The van der Waals surface area contributed by atoms with Crippen LogP contribution in [0.3, 0.4) is 0 Å². The van der Waals surface area contributed by atoms with Gasteiger partial charge in [0.25, 0.3) is 0 Å². The smallest absolute Gasteiger partial charge is 0.250 e. The number of amides is 2. The maximum absolute atomic E-state index is 13.0. The van der Waals surface area contributed by atoms with Gasteiger partial charge < -0.3 is 15.5 Å². The summed E-state index contributed by atoms with van der Waals surface area (Å²) in [5, 5.41) is 6.49. The Morgan fingerprint density at radius 1 is 1.12 bits per heavy atom. The lowest BCUT2D eigenvalue weighted by molar-refractivity contribution is -0.139. The quantitative estimate of drug-likeness (QED) is 0.872. The maximum atomic E-state index is 13.0. The molecule has 4 rings (SSSR count). The number of nitrogens with zero attached hydrogens (tertiary/aromatic N) is 2. The van der Waals surface area contributed by atoms with Crippen molar-refractivity contribution in [3.8, 4) is 0 Å². The number of likely N-dealkylation sites (tertiary alicyclic amines) is 2. The van der Waals surface area contributed by atoms with Gasteiger partial charge in [0.1, 0.15) is 5.54 Å². The Labute approximate surface area is 154 Å². The molecule has 2 fully saturated rings. The molecular weight excluding hydrogens is 328 g/mol. The third kappa shape index (κ3) is 2.96. The molecule has 3 aliphatic heterocycles. The van der Waals surface area contributed by atoms with Gasteiger partial charge in [-0.3, -0.25) is 14.5 Å². The van der Waals surface area contributed by atoms with E-state index >= 15 is 0 Å². The van der Waals surface area contributed by atoms with Gasteiger partial charge in [-0.25, -0.2) is 0 Å². The van der Waals surface area contributed by atoms with Crippen LogP contribution in [-0.2, 0) is 9.59 Å². The summed E-state index contributed by atoms with van der Waals surface area (Å²) in [5.41, 5.74) is 1.21. The van der Waals surface area contributed by atoms with Crippen LogP contribution in [0.25, 0.3) is 0 Å². The number of hydrogen-bond acceptors (Lipinski definition) is 4. The number of piperidine rings is 1. The van der Waals surface area contributed by atoms with Gasteiger partial charge in [0.05, 0.1) is 17.4 Å². The minimum atomic E-state index is -0.597. The number of benzene rings is 1. The molecule has 0 saturated carbocycles. The zero-order chi connectivity index (χ0) is 18.1. The molecule has 0 radical (unpaired) electrons. The number of carbonyl (C=O) groups excluding carboxylic acids is 2. The van der Waals surface area contributed by atoms with E-state index in [0.717, 1.165) is 30.9 Å². The zero-order valence-electron chi connectivity index (χ0n) is 15.5. The highest BCUT2D eigenvalue weighted by atomic mass is 16.2. The molecule has 6 nitrogen and oxygen atoms in total. The summed E-state index contributed by atoms with van der Waals surface area (Å²) in [7, 11) is 0. The van der Waals surface area contributed by atoms with Crippen molar-refractivity contribution in [2.24, 2.45) is 0 Å². The molecule has 1 atom stereocenters. The highest BCUT2D eigenvalue weighted by molar-refractivity contribution is 6.06. The Balaban J connectivity index is 1.44. The van der Waals surface area contributed by atoms with Gasteiger partial charge in [0, 0.05) is 13.1 Å². The van der Waals surface area contributed by atoms with E-state index in [0.29, 0.717) is 25.9 Å². The number of nitrogens with one attached hydrogen (secondary N) is 2. The molecule has 26 heavy (non-hydrogen) atoms. The van der Waals surface area contributed by atoms with Crippen LogP contribution in [0.15, 0.2) is 24.3 Å². The predicted octanol–water partition coefficient (Wildman–Crippen LogP) is 2.29. The first-order valence-electron chi connectivity index (χ1n) is 9.84. The molecule has 0 aliphatic carbocycles. The second-order valence-corrected chi connectivity index (χ2v) is 7.70. The average molecular weight is 356 g/mol. The van der Waals surface area contributed by atoms with Crippen LogP contribution >= 0.6 is 0 Å². The third-order valence-electron chi connectivity index (χ3n) is 6.17. The van der Waals surface area contributed by atoms with Crippen molar-refractivity contribution in [2.75, 3.05) is 36.8 Å². The summed E-state index contributed by atoms with van der Waals surface area (Å²) in [4.78, 5) is 30.0. The lowest BCUT2D eigenvalue weighted by Crippen LogP contribution is -2.60. The minimum absolute atomic E-state index is 0.000387. The van der Waals surface area contributed by atoms with Crippen LogP contribution in [0.2, 0.25) is 0 Å². The second-order valence-electron chi connectivity index (χ2n) is 7.70. The van der Waals surface area contributed by atoms with E-state index in [2.05, 4.69) is 22.5 Å². The topological polar surface area (TPSA) is 64.7 Å². The van der Waals surface area contributed by atoms with E-state index in [1.807, 2.05) is 29.2 Å². The van der Waals surface area contributed by atoms with Crippen molar-refractivity contribution in [1.29, 1.82) is 0 Å². The van der Waals surface area contributed by atoms with Crippen molar-refractivity contribution in [2.45, 2.75) is 50.6 Å². The largest absolute Gasteiger partial charge is 0.369 e. The summed E-state index contributed by atoms with van der Waals surface area (Å²) in [6, 6.07) is 7.80. The first kappa shape index (κ1) is 17.3. The number of hydrogen-bond donors (Lipinski definition) is 2. The molecule has 0 unspecified atom stereocenters. The van der Waals surface area contributed by atoms with Gasteiger partial charge in [-0.2, -0.15) is 0 Å². The maximum Gasteiger partial charge on any atom is 0.250 e. The minimum Gasteiger partial charge on any atom is -0.369 e. The molecule has 140 valence electrons. The number of fused-ring (bicyclic) bond motifs is 1. The lowest BCUT2D eigenvalue weighted by Gasteiger charge is -2.45. The van der Waals surface area contributed by atoms with E-state index < -0.39 is 5.54 Å². The third-order valence-corrected chi connectivity index (χ3v) is 6.17. The number of carbonyl (C=O) groups is 2. The van der Waals surface area contributed by atoms with E-state index in [1.165, 1.54) is 12.8 Å². The number of rotatable bonds is 3. The van der Waals surface area contributed by atoms with Crippen molar-refractivity contribution >= 4 is 23.2 Å². The second kappa shape index (κ2) is 6.91. The molecule has 3 aliphatic rings. The van der Waals surface area contributed by atoms with Gasteiger partial charge in [-0.15, -0.1) is 0 Å². The molecular formula is C20H28N4O2. The van der Waals surface area contributed by atoms with Crippen LogP contribution in [-0.4, -0.2) is 59.4 Å². The zero-order valence-corrected chi connectivity index (χ0v) is 15.5. The van der Waals surface area contributed by atoms with E-state index in [-0.39, 0.29) is 17.9 Å². The fraction of sp³-hybridized carbons (Fsp3) is 0.600. The van der Waals surface area contributed by atoms with Gasteiger partial charge in [-0.1, -0.05) is 19.1 Å². The van der Waals surface area contributed by atoms with Gasteiger partial charge in [0.15, 0.2) is 0 Å². The Hall–Kier alpha value is -2.08. The highest BCUT2D eigenvalue weighted by Crippen LogP contribution is 2.36. The molecule has 1 aromatic carbocycles. The molecule has 2 amide bonds. The molecule has 1 aromatic rings. The first-order chi connectivity index (χ1) is 12.6. The van der Waals surface area contributed by atoms with Crippen LogP contribution in [0.1, 0.15) is 39.0 Å². The normalized spacial score (nSPS) is 23.3. The van der Waals surface area contributed by atoms with Crippen molar-refractivity contribution in [3.05, 3.63) is 24.3 Å². The van der Waals surface area contributed by atoms with Crippen molar-refractivity contribution in [1.82, 2.24) is 9.80 Å². The van der Waals surface area contributed by atoms with Gasteiger partial charge in [-0.05, 0) is 57.3 Å². The number of para-hydroxylation sites is 2. The molecule has 1 spiro atoms. The highest BCUT2D eigenvalue weighted by Gasteiger charge is 2.45. The Bertz CT molecular complexity index is 691. The molecule has 3 heterocycles. The van der Waals surface area contributed by atoms with E-state index in [4.69, 9.17) is 0 Å². The van der Waals surface area contributed by atoms with Crippen LogP contribution in [0.4, 0.5) is 11.4 Å². The molecule has 0 aromatic heterocycles. The SMILES string of the molecule is CC[C@@H](C(=O)N1CCC2(CC1)Nc1ccccc1NC2=O)N1CCCC1. The van der Waals surface area contributed by atoms with Crippen LogP contribution in [0, 0.1) is 0 Å². The monoisotopic (exact) mass is 356 g/mol. The molecule has 6 heteroatoms. The fourth-order valence-electron chi connectivity index (χ4n) is 4.57. The Morgan fingerprint density at radius 2 is 1.77 bits per heavy atom. The lowest BCUT2D eigenvalue weighted by atomic mass is 9.84. The summed E-state index contributed by atoms with van der Waals surface area (Å²) in [6.07, 6.45) is 4.53. The van der Waals surface area contributed by atoms with Gasteiger partial charge in [0.2, 0.25) is 11.8 Å². The van der Waals surface area contributed by atoms with Crippen molar-refractivity contribution in [3.63, 3.8) is 0 Å². The molecule has 0 bridgehead atoms. The summed E-state index contributed by atoms with van der Waals surface area (Å²) in [5.74, 6) is 0.260. The van der Waals surface area contributed by atoms with E-state index in [9.17, 15) is 9.59 Å². The van der Waals surface area contributed by atoms with Crippen molar-refractivity contribution < 1.29 is 9.59 Å². The van der Waals surface area contributed by atoms with E-state index in [1.54, 1.807) is 0 Å². The average Bonchev–Trinajstić information content (AvgIpc) is 3.18. The predicted molar refractivity (Wildman–Crippen MR) is 102 cm³/mol. The summed E-state index contributed by atoms with van der Waals surface area (Å²) < 4.78 is 0. The van der Waals surface area contributed by atoms with Crippen LogP contribution < -0.4 is 10.6 Å². The first-order valence-corrected chi connectivity index (χ1v) is 9.84. The summed E-state index contributed by atoms with van der Waals surface area (Å²) >= 11 is 0. The molecule has 2 N–H and O–H groups in total. The number of anilines is 2. The molecule has 2 saturated heterocycles. The standard InChI is InChI=1S/C20H28N4O2/c1-2-17(23-11-5-6-12-23)18(25)24-13-9-20(10-14-24)19(26)21-15-7-3-4-8-16(15)22-20/h3-4,7-8,17,22H,2,5-6,9-14H2,1H3,(H,21,26)/t17-/m0/s1. The van der Waals surface area contributed by atoms with Gasteiger partial charge >= 0.3 is 0 Å². The Morgan fingerprint density at radius 3 is 2.42 bits per heavy atom. The Kier molecular flexibility index (Phi) is 4.61. The summed E-state index contributed by atoms with van der Waals surface area (Å²) in [6.45, 7) is 5.42. The van der Waals surface area contributed by atoms with Crippen LogP contribution in [0.5, 0.6) is 0 Å².